The van der Waals surface area contributed by atoms with Gasteiger partial charge in [0.1, 0.15) is 6.61 Å². The largest absolute Gasteiger partial charge is 0.490 e. The Hall–Kier alpha value is -2.52. The molecule has 0 spiro atoms. The summed E-state index contributed by atoms with van der Waals surface area (Å²) in [4.78, 5) is 10.4. The van der Waals surface area contributed by atoms with Crippen molar-refractivity contribution in [3.05, 3.63) is 90.5 Å². The highest BCUT2D eigenvalue weighted by atomic mass is 127. The first kappa shape index (κ1) is 22.2. The van der Waals surface area contributed by atoms with Crippen LogP contribution in [0.25, 0.3) is 0 Å². The molecule has 0 unspecified atom stereocenters. The predicted molar refractivity (Wildman–Crippen MR) is 127 cm³/mol. The molecule has 0 aliphatic carbocycles. The van der Waals surface area contributed by atoms with Gasteiger partial charge in [-0.25, -0.2) is 0 Å². The maximum Gasteiger partial charge on any atom is 0.269 e. The van der Waals surface area contributed by atoms with E-state index in [1.54, 1.807) is 12.1 Å². The van der Waals surface area contributed by atoms with Crippen molar-refractivity contribution in [3.8, 4) is 11.5 Å². The lowest BCUT2D eigenvalue weighted by Crippen LogP contribution is -2.05. The molecule has 0 saturated carbocycles. The Labute approximate surface area is 193 Å². The minimum absolute atomic E-state index is 0.0564. The van der Waals surface area contributed by atoms with Crippen LogP contribution in [0.2, 0.25) is 5.02 Å². The molecular weight excluding hydrogens is 519 g/mol. The second-order valence-electron chi connectivity index (χ2n) is 6.41. The molecule has 30 heavy (non-hydrogen) atoms. The summed E-state index contributed by atoms with van der Waals surface area (Å²) in [7, 11) is 0. The van der Waals surface area contributed by atoms with Gasteiger partial charge >= 0.3 is 0 Å². The number of hydrogen-bond donors (Lipinski definition) is 1. The van der Waals surface area contributed by atoms with Gasteiger partial charge in [0.05, 0.1) is 15.1 Å². The Morgan fingerprint density at radius 1 is 1.03 bits per heavy atom. The number of anilines is 1. The minimum Gasteiger partial charge on any atom is -0.490 e. The summed E-state index contributed by atoms with van der Waals surface area (Å²) in [6.07, 6.45) is 0. The van der Waals surface area contributed by atoms with Crippen LogP contribution in [0.5, 0.6) is 11.5 Å². The molecule has 0 aliphatic rings. The highest BCUT2D eigenvalue weighted by Gasteiger charge is 2.13. The molecule has 0 aliphatic heterocycles. The molecule has 0 fully saturated rings. The molecule has 156 valence electrons. The standard InChI is InChI=1S/C22H20ClIN2O4/c1-2-29-21-12-16(13-25-18-7-5-17(23)6-8-18)11-20(24)22(21)30-14-15-3-9-19(10-4-15)26(27)28/h3-12,25H,2,13-14H2,1H3. The van der Waals surface area contributed by atoms with Gasteiger partial charge in [0.15, 0.2) is 11.5 Å². The van der Waals surface area contributed by atoms with Crippen molar-refractivity contribution < 1.29 is 14.4 Å². The van der Waals surface area contributed by atoms with Crippen molar-refractivity contribution in [3.63, 3.8) is 0 Å². The lowest BCUT2D eigenvalue weighted by Gasteiger charge is -2.16. The highest BCUT2D eigenvalue weighted by molar-refractivity contribution is 14.1. The third-order valence-electron chi connectivity index (χ3n) is 4.24. The first-order chi connectivity index (χ1) is 14.5. The molecule has 0 atom stereocenters. The van der Waals surface area contributed by atoms with Gasteiger partial charge in [-0.15, -0.1) is 0 Å². The second kappa shape index (κ2) is 10.5. The van der Waals surface area contributed by atoms with E-state index in [4.69, 9.17) is 21.1 Å². The average Bonchev–Trinajstić information content (AvgIpc) is 2.73. The molecule has 6 nitrogen and oxygen atoms in total. The highest BCUT2D eigenvalue weighted by Crippen LogP contribution is 2.35. The Kier molecular flexibility index (Phi) is 7.75. The number of ether oxygens (including phenoxy) is 2. The SMILES string of the molecule is CCOc1cc(CNc2ccc(Cl)cc2)cc(I)c1OCc1ccc([N+](=O)[O-])cc1. The predicted octanol–water partition coefficient (Wildman–Crippen LogP) is 6.44. The number of nitro groups is 1. The number of rotatable bonds is 9. The zero-order chi connectivity index (χ0) is 21.5. The van der Waals surface area contributed by atoms with E-state index in [2.05, 4.69) is 27.9 Å². The van der Waals surface area contributed by atoms with E-state index in [-0.39, 0.29) is 12.3 Å². The molecule has 0 saturated heterocycles. The summed E-state index contributed by atoms with van der Waals surface area (Å²) in [5.41, 5.74) is 2.93. The molecule has 0 amide bonds. The molecule has 1 N–H and O–H groups in total. The fourth-order valence-electron chi connectivity index (χ4n) is 2.77. The van der Waals surface area contributed by atoms with E-state index in [1.165, 1.54) is 12.1 Å². The van der Waals surface area contributed by atoms with Crippen LogP contribution in [-0.4, -0.2) is 11.5 Å². The van der Waals surface area contributed by atoms with Crippen molar-refractivity contribution in [2.75, 3.05) is 11.9 Å². The Morgan fingerprint density at radius 3 is 2.37 bits per heavy atom. The maximum absolute atomic E-state index is 10.8. The number of nitro benzene ring substituents is 1. The third-order valence-corrected chi connectivity index (χ3v) is 5.29. The maximum atomic E-state index is 10.8. The van der Waals surface area contributed by atoms with E-state index in [0.717, 1.165) is 20.4 Å². The minimum atomic E-state index is -0.419. The summed E-state index contributed by atoms with van der Waals surface area (Å²) in [6, 6.07) is 17.9. The smallest absolute Gasteiger partial charge is 0.269 e. The van der Waals surface area contributed by atoms with E-state index < -0.39 is 4.92 Å². The van der Waals surface area contributed by atoms with E-state index in [1.807, 2.05) is 43.3 Å². The summed E-state index contributed by atoms with van der Waals surface area (Å²) in [5, 5.41) is 14.8. The van der Waals surface area contributed by atoms with Crippen LogP contribution in [0.4, 0.5) is 11.4 Å². The Bertz CT molecular complexity index is 1010. The summed E-state index contributed by atoms with van der Waals surface area (Å²) >= 11 is 8.16. The molecular formula is C22H20ClIN2O4. The number of nitrogens with zero attached hydrogens (tertiary/aromatic N) is 1. The molecule has 3 aromatic carbocycles. The Balaban J connectivity index is 1.72. The van der Waals surface area contributed by atoms with Gasteiger partial charge in [0.25, 0.3) is 5.69 Å². The average molecular weight is 539 g/mol. The van der Waals surface area contributed by atoms with Crippen LogP contribution in [0.3, 0.4) is 0 Å². The van der Waals surface area contributed by atoms with Gasteiger partial charge in [0.2, 0.25) is 0 Å². The molecule has 0 aromatic heterocycles. The first-order valence-electron chi connectivity index (χ1n) is 9.27. The number of hydrogen-bond acceptors (Lipinski definition) is 5. The molecule has 3 aromatic rings. The summed E-state index contributed by atoms with van der Waals surface area (Å²) in [6.45, 7) is 3.35. The molecule has 0 heterocycles. The Morgan fingerprint density at radius 2 is 1.73 bits per heavy atom. The summed E-state index contributed by atoms with van der Waals surface area (Å²) in [5.74, 6) is 1.32. The zero-order valence-electron chi connectivity index (χ0n) is 16.2. The lowest BCUT2D eigenvalue weighted by atomic mass is 10.2. The first-order valence-corrected chi connectivity index (χ1v) is 10.7. The van der Waals surface area contributed by atoms with Gasteiger partial charge in [0, 0.05) is 29.4 Å². The van der Waals surface area contributed by atoms with Crippen molar-refractivity contribution in [2.45, 2.75) is 20.1 Å². The van der Waals surface area contributed by atoms with E-state index in [9.17, 15) is 10.1 Å². The lowest BCUT2D eigenvalue weighted by molar-refractivity contribution is -0.384. The van der Waals surface area contributed by atoms with Crippen LogP contribution in [0.1, 0.15) is 18.1 Å². The van der Waals surface area contributed by atoms with Crippen LogP contribution >= 0.6 is 34.2 Å². The number of benzene rings is 3. The van der Waals surface area contributed by atoms with Crippen LogP contribution in [-0.2, 0) is 13.2 Å². The van der Waals surface area contributed by atoms with Gasteiger partial charge in [-0.1, -0.05) is 11.6 Å². The fraction of sp³-hybridized carbons (Fsp3) is 0.182. The van der Waals surface area contributed by atoms with Crippen LogP contribution in [0, 0.1) is 13.7 Å². The number of non-ortho nitro benzene ring substituents is 1. The van der Waals surface area contributed by atoms with Crippen molar-refractivity contribution in [1.82, 2.24) is 0 Å². The number of nitrogens with one attached hydrogen (secondary N) is 1. The van der Waals surface area contributed by atoms with Crippen LogP contribution in [0.15, 0.2) is 60.7 Å². The van der Waals surface area contributed by atoms with Gasteiger partial charge in [-0.2, -0.15) is 0 Å². The quantitative estimate of drug-likeness (QED) is 0.193. The van der Waals surface area contributed by atoms with Gasteiger partial charge in [-0.3, -0.25) is 10.1 Å². The summed E-state index contributed by atoms with van der Waals surface area (Å²) < 4.78 is 12.7. The van der Waals surface area contributed by atoms with E-state index in [0.29, 0.717) is 29.7 Å². The van der Waals surface area contributed by atoms with Crippen molar-refractivity contribution in [1.29, 1.82) is 0 Å². The fourth-order valence-corrected chi connectivity index (χ4v) is 3.72. The van der Waals surface area contributed by atoms with E-state index >= 15 is 0 Å². The van der Waals surface area contributed by atoms with Crippen molar-refractivity contribution >= 4 is 45.6 Å². The molecule has 8 heteroatoms. The van der Waals surface area contributed by atoms with Gasteiger partial charge < -0.3 is 14.8 Å². The van der Waals surface area contributed by atoms with Crippen molar-refractivity contribution in [2.24, 2.45) is 0 Å². The zero-order valence-corrected chi connectivity index (χ0v) is 19.1. The topological polar surface area (TPSA) is 73.6 Å². The van der Waals surface area contributed by atoms with Gasteiger partial charge in [-0.05, 0) is 89.2 Å². The van der Waals surface area contributed by atoms with Crippen LogP contribution < -0.4 is 14.8 Å². The molecule has 0 radical (unpaired) electrons. The molecule has 0 bridgehead atoms. The molecule has 3 rings (SSSR count). The third kappa shape index (κ3) is 5.99. The number of halogens is 2. The normalized spacial score (nSPS) is 10.5. The monoisotopic (exact) mass is 538 g/mol. The second-order valence-corrected chi connectivity index (χ2v) is 8.01.